The molecule has 0 unspecified atom stereocenters. The Labute approximate surface area is 876 Å². The number of fused-ring (bicyclic) bond motifs is 3. The lowest BCUT2D eigenvalue weighted by molar-refractivity contribution is 0.219. The van der Waals surface area contributed by atoms with E-state index in [0.29, 0.717) is 75.1 Å². The van der Waals surface area contributed by atoms with Gasteiger partial charge in [0, 0.05) is 88.5 Å². The van der Waals surface area contributed by atoms with Crippen molar-refractivity contribution < 1.29 is 18.9 Å². The maximum Gasteiger partial charge on any atom is 0.265 e. The van der Waals surface area contributed by atoms with Crippen LogP contribution in [0.4, 0.5) is 68.2 Å². The number of benzene rings is 16. The van der Waals surface area contributed by atoms with Crippen LogP contribution in [0.5, 0.6) is 0 Å². The first-order valence-electron chi connectivity index (χ1n) is 49.0. The zero-order chi connectivity index (χ0) is 104. The minimum absolute atomic E-state index is 0.122. The largest absolute Gasteiger partial charge is 0.493 e. The van der Waals surface area contributed by atoms with Crippen LogP contribution in [-0.2, 0) is 18.9 Å². The van der Waals surface area contributed by atoms with Crippen LogP contribution < -0.4 is 24.5 Å². The number of nitrogens with zero attached hydrogens (tertiary/aromatic N) is 13. The molecule has 0 saturated carbocycles. The zero-order valence-electron chi connectivity index (χ0n) is 83.0. The van der Waals surface area contributed by atoms with Gasteiger partial charge in [0.25, 0.3) is 22.8 Å². The molecule has 0 aliphatic carbocycles. The third-order valence-corrected chi connectivity index (χ3v) is 25.7. The van der Waals surface area contributed by atoms with Gasteiger partial charge in [-0.25, -0.2) is 40.4 Å². The maximum atomic E-state index is 9.23. The highest BCUT2D eigenvalue weighted by Gasteiger charge is 2.23. The van der Waals surface area contributed by atoms with Crippen molar-refractivity contribution in [2.45, 2.75) is 25.7 Å². The Bertz CT molecular complexity index is 8150. The van der Waals surface area contributed by atoms with Crippen molar-refractivity contribution in [2.75, 3.05) is 72.1 Å². The van der Waals surface area contributed by atoms with E-state index in [1.165, 1.54) is 60.3 Å². The van der Waals surface area contributed by atoms with Crippen LogP contribution in [0.15, 0.2) is 505 Å². The van der Waals surface area contributed by atoms with Crippen LogP contribution in [0.3, 0.4) is 0 Å². The second-order valence-corrected chi connectivity index (χ2v) is 35.3. The molecule has 0 atom stereocenters. The van der Waals surface area contributed by atoms with Gasteiger partial charge in [-0.2, -0.15) is 0 Å². The van der Waals surface area contributed by atoms with Gasteiger partial charge < -0.3 is 43.4 Å². The highest BCUT2D eigenvalue weighted by Crippen LogP contribution is 2.45. The van der Waals surface area contributed by atoms with Crippen molar-refractivity contribution in [1.29, 1.82) is 21.0 Å². The lowest BCUT2D eigenvalue weighted by Crippen LogP contribution is -2.11. The Hall–Kier alpha value is -20.7. The fourth-order valence-corrected chi connectivity index (χ4v) is 17.8. The summed E-state index contributed by atoms with van der Waals surface area (Å²) in [5.41, 5.74) is 25.3. The average Bonchev–Trinajstić information content (AvgIpc) is 0.769. The van der Waals surface area contributed by atoms with Gasteiger partial charge in [-0.05, 0) is 285 Å². The third kappa shape index (κ3) is 25.1. The lowest BCUT2D eigenvalue weighted by Gasteiger charge is -2.28. The van der Waals surface area contributed by atoms with Gasteiger partial charge >= 0.3 is 0 Å². The van der Waals surface area contributed by atoms with E-state index in [-0.39, 0.29) is 22.8 Å². The Morgan fingerprint density at radius 1 is 0.240 bits per heavy atom. The Kier molecular flexibility index (Phi) is 33.5. The number of nitriles is 4. The summed E-state index contributed by atoms with van der Waals surface area (Å²) in [6.07, 6.45) is 24.8. The van der Waals surface area contributed by atoms with E-state index in [9.17, 15) is 10.5 Å². The molecule has 0 amide bonds. The minimum atomic E-state index is 0.122. The first-order valence-corrected chi connectivity index (χ1v) is 49.0. The number of hydrogen-bond acceptors (Lipinski definition) is 13. The summed E-state index contributed by atoms with van der Waals surface area (Å²) in [5.74, 6) is 2.61. The Balaban J connectivity index is 0.000000137. The first-order chi connectivity index (χ1) is 73.7. The van der Waals surface area contributed by atoms with E-state index < -0.39 is 0 Å². The van der Waals surface area contributed by atoms with Gasteiger partial charge in [0.15, 0.2) is 0 Å². The van der Waals surface area contributed by atoms with Crippen LogP contribution in [0.1, 0.15) is 47.9 Å². The molecule has 4 heterocycles. The van der Waals surface area contributed by atoms with Gasteiger partial charge in [-0.3, -0.25) is 0 Å². The average molecular weight is 1950 g/mol. The fraction of sp³-hybridized carbons (Fsp3) is 0.0827. The highest BCUT2D eigenvalue weighted by atomic mass is 16.5. The molecule has 0 saturated heterocycles. The molecule has 17 nitrogen and oxygen atoms in total. The summed E-state index contributed by atoms with van der Waals surface area (Å²) < 4.78 is 22.8. The Morgan fingerprint density at radius 2 is 0.473 bits per heavy atom. The molecule has 150 heavy (non-hydrogen) atoms. The molecule has 16 aromatic rings. The molecule has 4 aliphatic rings. The number of allylic oxidation sites excluding steroid dienone is 12. The van der Waals surface area contributed by atoms with E-state index in [4.69, 9.17) is 55.8 Å². The molecule has 0 N–H and O–H groups in total. The predicted molar refractivity (Wildman–Crippen MR) is 610 cm³/mol. The molecule has 16 aromatic carbocycles. The number of hydrogen-bond donors (Lipinski definition) is 0. The summed E-state index contributed by atoms with van der Waals surface area (Å²) in [6.45, 7) is 30.6. The molecular weight excluding hydrogens is 1840 g/mol. The molecule has 17 heteroatoms. The predicted octanol–water partition coefficient (Wildman–Crippen LogP) is 33.8. The van der Waals surface area contributed by atoms with Crippen LogP contribution >= 0.6 is 0 Å². The van der Waals surface area contributed by atoms with Crippen molar-refractivity contribution in [2.24, 2.45) is 0 Å². The number of rotatable bonds is 22. The van der Waals surface area contributed by atoms with E-state index in [1.54, 1.807) is 24.3 Å². The molecule has 722 valence electrons. The summed E-state index contributed by atoms with van der Waals surface area (Å²) in [6, 6.07) is 143. The smallest absolute Gasteiger partial charge is 0.265 e. The van der Waals surface area contributed by atoms with Gasteiger partial charge in [-0.1, -0.05) is 285 Å². The first kappa shape index (κ1) is 101. The van der Waals surface area contributed by atoms with Gasteiger partial charge in [-0.15, -0.1) is 0 Å². The summed E-state index contributed by atoms with van der Waals surface area (Å²) >= 11 is 0. The standard InChI is InChI=1S/C40H29N3O.C36H25N3O.C32H23N3O.C25H24N4O/c1-42-40(29-41)35-26-27-44-39(28-35)25-14-30-12-19-36(20-13-30)43(37-21-15-33(16-22-37)31-8-4-2-5-9-31)38-23-17-34(18-24-38)32-10-6-3-7-11-32;1-38-34(25-37)29-22-23-40-31(24-29)21-18-26-16-19-30(20-17-26)39(35-14-6-10-27-8-2-4-12-32(27)35)36-15-7-11-28-9-3-5-13-33(28)36;1-34-31(23-33)26-20-21-36-29(22-26)19-16-24-14-17-28(18-15-24)35(27-10-3-2-4-11-27)32-13-7-9-25-8-5-6-12-30(25)32;1-27-25(18-26)20-15-16-30-24(17-20)14-7-19-5-8-22(9-6-19)29(4)23-12-10-21(11-13-23)28(2)3/h2-25,28H,26-27H2;2-21,24H,22-23H2;2-19,22H,20-21H2;5-14,17H,15-16H2,2-4H3/b25-14+,40-35-;21-18+,34-29-;19-16+,31-26-;14-7+,25-20-. The number of ether oxygens (including phenoxy) is 4. The lowest BCUT2D eigenvalue weighted by atomic mass is 10.0. The van der Waals surface area contributed by atoms with E-state index in [1.807, 2.05) is 112 Å². The number of anilines is 12. The van der Waals surface area contributed by atoms with Crippen LogP contribution in [0.25, 0.3) is 98.3 Å². The van der Waals surface area contributed by atoms with Crippen LogP contribution in [-0.4, -0.2) is 47.6 Å². The van der Waals surface area contributed by atoms with Gasteiger partial charge in [0.05, 0.1) is 94.1 Å². The van der Waals surface area contributed by atoms with Gasteiger partial charge in [0.2, 0.25) is 0 Å². The quantitative estimate of drug-likeness (QED) is 0.0465. The second-order valence-electron chi connectivity index (χ2n) is 35.3. The summed E-state index contributed by atoms with van der Waals surface area (Å²) in [5, 5.41) is 43.8. The normalized spacial score (nSPS) is 14.3. The molecule has 0 aromatic heterocycles. The van der Waals surface area contributed by atoms with Crippen molar-refractivity contribution in [3.63, 3.8) is 0 Å². The molecule has 4 aliphatic heterocycles. The van der Waals surface area contributed by atoms with E-state index in [0.717, 1.165) is 107 Å². The summed E-state index contributed by atoms with van der Waals surface area (Å²) in [4.78, 5) is 24.4. The zero-order valence-corrected chi connectivity index (χ0v) is 83.0. The van der Waals surface area contributed by atoms with Crippen molar-refractivity contribution in [1.82, 2.24) is 0 Å². The molecule has 0 bridgehead atoms. The minimum Gasteiger partial charge on any atom is -0.493 e. The third-order valence-electron chi connectivity index (χ3n) is 25.7. The molecule has 20 rings (SSSR count). The van der Waals surface area contributed by atoms with Crippen molar-refractivity contribution in [3.05, 3.63) is 573 Å². The van der Waals surface area contributed by atoms with Crippen LogP contribution in [0.2, 0.25) is 0 Å². The van der Waals surface area contributed by atoms with E-state index in [2.05, 4.69) is 414 Å². The topological polar surface area (TPSA) is 166 Å². The highest BCUT2D eigenvalue weighted by molar-refractivity contribution is 6.05. The van der Waals surface area contributed by atoms with E-state index >= 15 is 0 Å². The van der Waals surface area contributed by atoms with Crippen molar-refractivity contribution in [3.8, 4) is 46.5 Å². The SMILES string of the molecule is [C-]#[N+]/C(C#N)=C1C=C(/C=C/c2ccc(N(C)c3ccc(N(C)C)cc3)cc2)OCC\1.[C-]#[N+]/C(C#N)=C1C=C(/C=C/c2ccc(N(c3ccc(-c4ccccc4)cc3)c3ccc(-c4ccccc4)cc3)cc2)OCC\1.[C-]#[N+]/C(C#N)=C1C=C(/C=C/c2ccc(N(c3cccc4ccccc34)c3cccc4ccccc34)cc2)OCC\1.[C-]#[N+]/C(C#N)=C1C=C(/C=C/c2ccc(N(c3ccccc3)c3cccc4ccccc34)cc2)OCC\1. The number of para-hydroxylation sites is 1. The monoisotopic (exact) mass is 1940 g/mol. The summed E-state index contributed by atoms with van der Waals surface area (Å²) in [7, 11) is 6.11. The molecule has 0 fully saturated rings. The molecule has 0 spiro atoms. The molecule has 0 radical (unpaired) electrons. The second kappa shape index (κ2) is 49.8. The fourth-order valence-electron chi connectivity index (χ4n) is 17.8. The van der Waals surface area contributed by atoms with Gasteiger partial charge in [0.1, 0.15) is 23.0 Å². The van der Waals surface area contributed by atoms with Crippen LogP contribution in [0, 0.1) is 71.6 Å². The van der Waals surface area contributed by atoms with Crippen molar-refractivity contribution >= 4 is 125 Å². The Morgan fingerprint density at radius 3 is 0.773 bits per heavy atom. The molecular formula is C133H101N13O4. The maximum absolute atomic E-state index is 9.23.